The van der Waals surface area contributed by atoms with E-state index in [4.69, 9.17) is 9.73 Å². The molecule has 30 heavy (non-hydrogen) atoms. The van der Waals surface area contributed by atoms with Crippen molar-refractivity contribution >= 4 is 5.96 Å². The first kappa shape index (κ1) is 22.3. The minimum absolute atomic E-state index is 0.597. The molecular formula is C23H36N6O. The molecule has 2 aromatic rings. The average Bonchev–Trinajstić information content (AvgIpc) is 3.52. The number of para-hydroxylation sites is 1. The number of nitrogens with zero attached hydrogens (tertiary/aromatic N) is 4. The number of rotatable bonds is 11. The minimum Gasteiger partial charge on any atom is -0.383 e. The van der Waals surface area contributed by atoms with Crippen LogP contribution < -0.4 is 10.6 Å². The van der Waals surface area contributed by atoms with E-state index in [9.17, 15) is 0 Å². The Labute approximate surface area is 180 Å². The van der Waals surface area contributed by atoms with Gasteiger partial charge in [-0.05, 0) is 51.3 Å². The zero-order chi connectivity index (χ0) is 21.3. The summed E-state index contributed by atoms with van der Waals surface area (Å²) in [6.07, 6.45) is 2.61. The molecule has 0 unspecified atom stereocenters. The lowest BCUT2D eigenvalue weighted by Crippen LogP contribution is -2.42. The van der Waals surface area contributed by atoms with Crippen molar-refractivity contribution in [2.45, 2.75) is 46.2 Å². The standard InChI is InChI=1S/C23H36N6O/c1-5-24-23(25-12-13-28(14-15-30-4)21-10-11-21)26-17-20-8-6-7-9-22(20)29-19(3)16-18(2)27-29/h6-9,16,21H,5,10-15,17H2,1-4H3,(H2,24,25,26). The number of hydrogen-bond donors (Lipinski definition) is 2. The summed E-state index contributed by atoms with van der Waals surface area (Å²) in [5, 5.41) is 11.5. The molecule has 3 rings (SSSR count). The van der Waals surface area contributed by atoms with Crippen molar-refractivity contribution in [1.29, 1.82) is 0 Å². The van der Waals surface area contributed by atoms with E-state index in [-0.39, 0.29) is 0 Å². The zero-order valence-electron chi connectivity index (χ0n) is 18.8. The van der Waals surface area contributed by atoms with Crippen LogP contribution in [0.25, 0.3) is 5.69 Å². The van der Waals surface area contributed by atoms with Crippen LogP contribution >= 0.6 is 0 Å². The van der Waals surface area contributed by atoms with Gasteiger partial charge in [0.05, 0.1) is 24.5 Å². The number of guanidine groups is 1. The van der Waals surface area contributed by atoms with Crippen molar-refractivity contribution in [3.63, 3.8) is 0 Å². The summed E-state index contributed by atoms with van der Waals surface area (Å²) in [6.45, 7) is 11.3. The highest BCUT2D eigenvalue weighted by Crippen LogP contribution is 2.26. The Balaban J connectivity index is 1.63. The second kappa shape index (κ2) is 11.1. The highest BCUT2D eigenvalue weighted by Gasteiger charge is 2.28. The predicted molar refractivity (Wildman–Crippen MR) is 122 cm³/mol. The van der Waals surface area contributed by atoms with E-state index in [1.54, 1.807) is 7.11 Å². The fourth-order valence-electron chi connectivity index (χ4n) is 3.67. The molecule has 0 spiro atoms. The van der Waals surface area contributed by atoms with Gasteiger partial charge >= 0.3 is 0 Å². The van der Waals surface area contributed by atoms with Gasteiger partial charge in [0.25, 0.3) is 0 Å². The number of methoxy groups -OCH3 is 1. The quantitative estimate of drug-likeness (QED) is 0.439. The van der Waals surface area contributed by atoms with E-state index >= 15 is 0 Å². The normalized spacial score (nSPS) is 14.4. The zero-order valence-corrected chi connectivity index (χ0v) is 18.8. The van der Waals surface area contributed by atoms with Gasteiger partial charge in [-0.25, -0.2) is 9.67 Å². The Kier molecular flexibility index (Phi) is 8.28. The maximum atomic E-state index is 5.26. The lowest BCUT2D eigenvalue weighted by molar-refractivity contribution is 0.144. The molecule has 1 aliphatic rings. The molecule has 7 nitrogen and oxygen atoms in total. The Bertz CT molecular complexity index is 827. The summed E-state index contributed by atoms with van der Waals surface area (Å²) in [6, 6.07) is 11.2. The van der Waals surface area contributed by atoms with Crippen LogP contribution in [0.3, 0.4) is 0 Å². The molecule has 1 aromatic carbocycles. The summed E-state index contributed by atoms with van der Waals surface area (Å²) in [4.78, 5) is 7.35. The SMILES string of the molecule is CCNC(=NCc1ccccc1-n1nc(C)cc1C)NCCN(CCOC)C1CC1. The van der Waals surface area contributed by atoms with E-state index < -0.39 is 0 Å². The van der Waals surface area contributed by atoms with Gasteiger partial charge in [-0.2, -0.15) is 5.10 Å². The Hall–Kier alpha value is -2.38. The van der Waals surface area contributed by atoms with Crippen molar-refractivity contribution in [1.82, 2.24) is 25.3 Å². The van der Waals surface area contributed by atoms with Crippen LogP contribution in [0.1, 0.15) is 36.7 Å². The molecule has 1 aromatic heterocycles. The van der Waals surface area contributed by atoms with Gasteiger partial charge in [-0.3, -0.25) is 4.90 Å². The molecule has 1 heterocycles. The Morgan fingerprint density at radius 1 is 1.23 bits per heavy atom. The molecule has 164 valence electrons. The lowest BCUT2D eigenvalue weighted by Gasteiger charge is -2.22. The number of benzene rings is 1. The second-order valence-electron chi connectivity index (χ2n) is 7.85. The van der Waals surface area contributed by atoms with E-state index in [0.717, 1.165) is 67.4 Å². The van der Waals surface area contributed by atoms with Gasteiger partial charge in [0, 0.05) is 45.0 Å². The highest BCUT2D eigenvalue weighted by atomic mass is 16.5. The molecule has 2 N–H and O–H groups in total. The van der Waals surface area contributed by atoms with E-state index in [1.807, 2.05) is 11.6 Å². The molecule has 1 aliphatic carbocycles. The third kappa shape index (κ3) is 6.31. The minimum atomic E-state index is 0.597. The fraction of sp³-hybridized carbons (Fsp3) is 0.565. The van der Waals surface area contributed by atoms with Crippen LogP contribution in [-0.2, 0) is 11.3 Å². The number of aliphatic imine (C=N–C) groups is 1. The van der Waals surface area contributed by atoms with Crippen molar-refractivity contribution in [2.24, 2.45) is 4.99 Å². The first-order valence-corrected chi connectivity index (χ1v) is 11.0. The summed E-state index contributed by atoms with van der Waals surface area (Å²) in [5.74, 6) is 0.850. The second-order valence-corrected chi connectivity index (χ2v) is 7.85. The highest BCUT2D eigenvalue weighted by molar-refractivity contribution is 5.79. The predicted octanol–water partition coefficient (Wildman–Crippen LogP) is 2.66. The van der Waals surface area contributed by atoms with Crippen molar-refractivity contribution in [3.8, 4) is 5.69 Å². The third-order valence-electron chi connectivity index (χ3n) is 5.32. The van der Waals surface area contributed by atoms with Crippen molar-refractivity contribution in [2.75, 3.05) is 39.9 Å². The molecular weight excluding hydrogens is 376 g/mol. The maximum absolute atomic E-state index is 5.26. The number of nitrogens with one attached hydrogen (secondary N) is 2. The van der Waals surface area contributed by atoms with Crippen LogP contribution in [-0.4, -0.2) is 66.6 Å². The Morgan fingerprint density at radius 3 is 2.70 bits per heavy atom. The molecule has 1 fully saturated rings. The lowest BCUT2D eigenvalue weighted by atomic mass is 10.2. The van der Waals surface area contributed by atoms with Gasteiger partial charge in [0.15, 0.2) is 5.96 Å². The molecule has 7 heteroatoms. The van der Waals surface area contributed by atoms with Gasteiger partial charge in [-0.1, -0.05) is 18.2 Å². The number of ether oxygens (including phenoxy) is 1. The Morgan fingerprint density at radius 2 is 2.03 bits per heavy atom. The fourth-order valence-corrected chi connectivity index (χ4v) is 3.67. The molecule has 0 amide bonds. The molecule has 0 saturated heterocycles. The van der Waals surface area contributed by atoms with Gasteiger partial charge in [0.2, 0.25) is 0 Å². The number of aryl methyl sites for hydroxylation is 2. The third-order valence-corrected chi connectivity index (χ3v) is 5.32. The average molecular weight is 413 g/mol. The van der Waals surface area contributed by atoms with E-state index in [0.29, 0.717) is 6.54 Å². The van der Waals surface area contributed by atoms with Gasteiger partial charge < -0.3 is 15.4 Å². The number of aromatic nitrogens is 2. The molecule has 0 bridgehead atoms. The maximum Gasteiger partial charge on any atom is 0.191 e. The first-order chi connectivity index (χ1) is 14.6. The van der Waals surface area contributed by atoms with E-state index in [2.05, 4.69) is 64.8 Å². The molecule has 0 atom stereocenters. The van der Waals surface area contributed by atoms with Crippen LogP contribution in [0.5, 0.6) is 0 Å². The summed E-state index contributed by atoms with van der Waals surface area (Å²) >= 11 is 0. The van der Waals surface area contributed by atoms with Crippen LogP contribution in [0.4, 0.5) is 0 Å². The largest absolute Gasteiger partial charge is 0.383 e. The summed E-state index contributed by atoms with van der Waals surface area (Å²) in [5.41, 5.74) is 4.39. The van der Waals surface area contributed by atoms with E-state index in [1.165, 1.54) is 12.8 Å². The van der Waals surface area contributed by atoms with Crippen LogP contribution in [0, 0.1) is 13.8 Å². The van der Waals surface area contributed by atoms with Crippen molar-refractivity contribution in [3.05, 3.63) is 47.3 Å². The summed E-state index contributed by atoms with van der Waals surface area (Å²) in [7, 11) is 1.77. The smallest absolute Gasteiger partial charge is 0.191 e. The molecule has 0 radical (unpaired) electrons. The first-order valence-electron chi connectivity index (χ1n) is 11.0. The number of hydrogen-bond acceptors (Lipinski definition) is 4. The van der Waals surface area contributed by atoms with Crippen molar-refractivity contribution < 1.29 is 4.74 Å². The van der Waals surface area contributed by atoms with Crippen LogP contribution in [0.15, 0.2) is 35.3 Å². The molecule has 0 aliphatic heterocycles. The van der Waals surface area contributed by atoms with Gasteiger partial charge in [-0.15, -0.1) is 0 Å². The van der Waals surface area contributed by atoms with Crippen LogP contribution in [0.2, 0.25) is 0 Å². The summed E-state index contributed by atoms with van der Waals surface area (Å²) < 4.78 is 7.26. The monoisotopic (exact) mass is 412 g/mol. The molecule has 1 saturated carbocycles. The topological polar surface area (TPSA) is 66.7 Å². The van der Waals surface area contributed by atoms with Gasteiger partial charge in [0.1, 0.15) is 0 Å².